The second-order valence-electron chi connectivity index (χ2n) is 7.78. The lowest BCUT2D eigenvalue weighted by molar-refractivity contribution is -0.103. The minimum atomic E-state index is -0.536. The van der Waals surface area contributed by atoms with Crippen LogP contribution in [0.2, 0.25) is 0 Å². The van der Waals surface area contributed by atoms with Gasteiger partial charge in [0.25, 0.3) is 5.91 Å². The van der Waals surface area contributed by atoms with Crippen molar-refractivity contribution in [2.24, 2.45) is 0 Å². The minimum absolute atomic E-state index is 0.126. The Bertz CT molecular complexity index is 709. The number of fused-ring (bicyclic) bond motifs is 2. The first-order valence-corrected chi connectivity index (χ1v) is 8.61. The van der Waals surface area contributed by atoms with Crippen LogP contribution >= 0.6 is 0 Å². The van der Waals surface area contributed by atoms with E-state index in [-0.39, 0.29) is 18.0 Å². The summed E-state index contributed by atoms with van der Waals surface area (Å²) < 4.78 is 5.62. The van der Waals surface area contributed by atoms with E-state index in [1.807, 2.05) is 38.7 Å². The molecule has 0 radical (unpaired) electrons. The molecule has 0 aromatic carbocycles. The van der Waals surface area contributed by atoms with E-state index in [1.165, 1.54) is 0 Å². The van der Waals surface area contributed by atoms with Gasteiger partial charge in [0.2, 0.25) is 0 Å². The van der Waals surface area contributed by atoms with Crippen molar-refractivity contribution in [1.29, 1.82) is 0 Å². The summed E-state index contributed by atoms with van der Waals surface area (Å²) in [5.41, 5.74) is 1.12. The van der Waals surface area contributed by atoms with Gasteiger partial charge in [-0.1, -0.05) is 6.07 Å². The number of carbonyl (C=O) groups excluding carboxylic acids is 2. The van der Waals surface area contributed by atoms with Crippen molar-refractivity contribution < 1.29 is 14.3 Å². The highest BCUT2D eigenvalue weighted by atomic mass is 16.6. The van der Waals surface area contributed by atoms with E-state index < -0.39 is 11.1 Å². The Hall–Kier alpha value is -2.15. The number of hydrogen-bond donors (Lipinski definition) is 2. The van der Waals surface area contributed by atoms with Crippen LogP contribution in [0, 0.1) is 6.92 Å². The number of amides is 2. The molecule has 2 amide bonds. The summed E-state index contributed by atoms with van der Waals surface area (Å²) in [6.07, 6.45) is 0.584. The zero-order valence-electron chi connectivity index (χ0n) is 15.5. The predicted octanol–water partition coefficient (Wildman–Crippen LogP) is 1.56. The van der Waals surface area contributed by atoms with E-state index in [4.69, 9.17) is 4.74 Å². The third-order valence-electron chi connectivity index (χ3n) is 4.83. The van der Waals surface area contributed by atoms with Crippen molar-refractivity contribution in [3.05, 3.63) is 29.1 Å². The molecule has 3 saturated heterocycles. The molecule has 25 heavy (non-hydrogen) atoms. The molecule has 1 aromatic heterocycles. The summed E-state index contributed by atoms with van der Waals surface area (Å²) in [7, 11) is 1.58. The molecule has 0 aliphatic carbocycles. The van der Waals surface area contributed by atoms with Gasteiger partial charge in [0.05, 0.1) is 11.6 Å². The standard InChI is InChI=1S/C18H26N4O3/c1-11-13(6-7-14(21-11)15(23)19-5)18-8-12(9-20-10-18)22(18)16(24)25-17(2,3)4/h6-7,12,20H,8-10H2,1-5H3,(H,19,23). The Kier molecular flexibility index (Phi) is 4.23. The Morgan fingerprint density at radius 3 is 2.68 bits per heavy atom. The number of ether oxygens (including phenoxy) is 1. The number of carbonyl (C=O) groups is 2. The van der Waals surface area contributed by atoms with Crippen LogP contribution in [0.4, 0.5) is 4.79 Å². The fraction of sp³-hybridized carbons (Fsp3) is 0.611. The van der Waals surface area contributed by atoms with Crippen molar-refractivity contribution in [1.82, 2.24) is 20.5 Å². The van der Waals surface area contributed by atoms with Gasteiger partial charge in [0.15, 0.2) is 0 Å². The van der Waals surface area contributed by atoms with Gasteiger partial charge >= 0.3 is 6.09 Å². The minimum Gasteiger partial charge on any atom is -0.444 e. The molecule has 4 rings (SSSR count). The lowest BCUT2D eigenvalue weighted by Crippen LogP contribution is -2.76. The summed E-state index contributed by atoms with van der Waals surface area (Å²) in [5.74, 6) is -0.218. The molecule has 1 aromatic rings. The second-order valence-corrected chi connectivity index (χ2v) is 7.78. The molecule has 2 N–H and O–H groups in total. The molecule has 2 bridgehead atoms. The molecule has 3 aliphatic heterocycles. The van der Waals surface area contributed by atoms with E-state index in [1.54, 1.807) is 13.1 Å². The number of hydrogen-bond acceptors (Lipinski definition) is 5. The van der Waals surface area contributed by atoms with Crippen LogP contribution in [-0.4, -0.2) is 53.7 Å². The number of rotatable bonds is 2. The molecule has 0 saturated carbocycles. The van der Waals surface area contributed by atoms with Crippen molar-refractivity contribution in [3.63, 3.8) is 0 Å². The summed E-state index contributed by atoms with van der Waals surface area (Å²) >= 11 is 0. The number of nitrogens with zero attached hydrogens (tertiary/aromatic N) is 2. The topological polar surface area (TPSA) is 83.6 Å². The van der Waals surface area contributed by atoms with Gasteiger partial charge in [-0.15, -0.1) is 0 Å². The first kappa shape index (κ1) is 17.7. The first-order valence-electron chi connectivity index (χ1n) is 8.61. The number of pyridine rings is 1. The Morgan fingerprint density at radius 2 is 2.12 bits per heavy atom. The molecular weight excluding hydrogens is 320 g/mol. The van der Waals surface area contributed by atoms with E-state index in [9.17, 15) is 9.59 Å². The molecular formula is C18H26N4O3. The van der Waals surface area contributed by atoms with Crippen LogP contribution in [0.1, 0.15) is 48.9 Å². The van der Waals surface area contributed by atoms with Crippen LogP contribution in [0.5, 0.6) is 0 Å². The van der Waals surface area contributed by atoms with Crippen LogP contribution in [0.25, 0.3) is 0 Å². The normalized spacial score (nSPS) is 25.2. The molecule has 136 valence electrons. The Balaban J connectivity index is 1.94. The van der Waals surface area contributed by atoms with E-state index >= 15 is 0 Å². The number of aryl methyl sites for hydroxylation is 1. The maximum Gasteiger partial charge on any atom is 0.411 e. The lowest BCUT2D eigenvalue weighted by Gasteiger charge is -2.61. The maximum absolute atomic E-state index is 12.8. The summed E-state index contributed by atoms with van der Waals surface area (Å²) in [6.45, 7) is 8.92. The highest BCUT2D eigenvalue weighted by Crippen LogP contribution is 2.48. The molecule has 0 spiro atoms. The quantitative estimate of drug-likeness (QED) is 0.849. The molecule has 3 aliphatic rings. The molecule has 2 atom stereocenters. The largest absolute Gasteiger partial charge is 0.444 e. The highest BCUT2D eigenvalue weighted by molar-refractivity contribution is 5.92. The highest BCUT2D eigenvalue weighted by Gasteiger charge is 2.59. The van der Waals surface area contributed by atoms with Crippen molar-refractivity contribution in [3.8, 4) is 0 Å². The van der Waals surface area contributed by atoms with E-state index in [2.05, 4.69) is 15.6 Å². The Labute approximate surface area is 148 Å². The van der Waals surface area contributed by atoms with Crippen LogP contribution in [0.3, 0.4) is 0 Å². The van der Waals surface area contributed by atoms with Gasteiger partial charge in [-0.3, -0.25) is 9.69 Å². The van der Waals surface area contributed by atoms with Gasteiger partial charge in [-0.2, -0.15) is 0 Å². The zero-order chi connectivity index (χ0) is 18.4. The Morgan fingerprint density at radius 1 is 1.40 bits per heavy atom. The van der Waals surface area contributed by atoms with Crippen LogP contribution in [-0.2, 0) is 10.3 Å². The fourth-order valence-corrected chi connectivity index (χ4v) is 3.86. The predicted molar refractivity (Wildman–Crippen MR) is 93.4 cm³/mol. The third-order valence-corrected chi connectivity index (χ3v) is 4.83. The van der Waals surface area contributed by atoms with E-state index in [0.29, 0.717) is 12.2 Å². The number of aromatic nitrogens is 1. The first-order chi connectivity index (χ1) is 11.7. The van der Waals surface area contributed by atoms with Gasteiger partial charge in [-0.25, -0.2) is 9.78 Å². The summed E-state index contributed by atoms with van der Waals surface area (Å²) in [6, 6.07) is 3.75. The van der Waals surface area contributed by atoms with Crippen molar-refractivity contribution in [2.75, 3.05) is 20.1 Å². The van der Waals surface area contributed by atoms with Crippen molar-refractivity contribution in [2.45, 2.75) is 51.3 Å². The smallest absolute Gasteiger partial charge is 0.411 e. The molecule has 7 heteroatoms. The lowest BCUT2D eigenvalue weighted by atomic mass is 9.70. The zero-order valence-corrected chi connectivity index (χ0v) is 15.5. The summed E-state index contributed by atoms with van der Waals surface area (Å²) in [5, 5.41) is 5.97. The van der Waals surface area contributed by atoms with Crippen LogP contribution < -0.4 is 10.6 Å². The molecule has 7 nitrogen and oxygen atoms in total. The van der Waals surface area contributed by atoms with Crippen molar-refractivity contribution >= 4 is 12.0 Å². The third kappa shape index (κ3) is 2.97. The van der Waals surface area contributed by atoms with Gasteiger partial charge < -0.3 is 15.4 Å². The summed E-state index contributed by atoms with van der Waals surface area (Å²) in [4.78, 5) is 30.8. The fourth-order valence-electron chi connectivity index (χ4n) is 3.86. The number of nitrogens with one attached hydrogen (secondary N) is 2. The average Bonchev–Trinajstić information content (AvgIpc) is 2.52. The van der Waals surface area contributed by atoms with Gasteiger partial charge in [-0.05, 0) is 40.2 Å². The van der Waals surface area contributed by atoms with E-state index in [0.717, 1.165) is 24.2 Å². The molecule has 3 fully saturated rings. The second kappa shape index (κ2) is 5.98. The average molecular weight is 346 g/mol. The number of piperidine rings is 1. The molecule has 4 heterocycles. The monoisotopic (exact) mass is 346 g/mol. The maximum atomic E-state index is 12.8. The van der Waals surface area contributed by atoms with Crippen LogP contribution in [0.15, 0.2) is 12.1 Å². The molecule has 2 unspecified atom stereocenters. The SMILES string of the molecule is CNC(=O)c1ccc(C23CNCC(C2)N3C(=O)OC(C)(C)C)c(C)n1. The van der Waals surface area contributed by atoms with Gasteiger partial charge in [0.1, 0.15) is 11.3 Å². The number of piperazine rings is 1. The van der Waals surface area contributed by atoms with Gasteiger partial charge in [0, 0.05) is 31.4 Å².